The van der Waals surface area contributed by atoms with E-state index in [1.165, 1.54) is 15.9 Å². The molecule has 0 saturated heterocycles. The van der Waals surface area contributed by atoms with Crippen molar-refractivity contribution in [3.8, 4) is 0 Å². The average molecular weight is 437 g/mol. The highest BCUT2D eigenvalue weighted by Gasteiger charge is 2.45. The Bertz CT molecular complexity index is 954. The number of rotatable bonds is 5. The predicted octanol–water partition coefficient (Wildman–Crippen LogP) is 3.43. The number of hydrogen-bond donors (Lipinski definition) is 0. The van der Waals surface area contributed by atoms with Gasteiger partial charge in [0.05, 0.1) is 23.3 Å². The summed E-state index contributed by atoms with van der Waals surface area (Å²) in [6, 6.07) is 4.67. The van der Waals surface area contributed by atoms with E-state index >= 15 is 0 Å². The van der Waals surface area contributed by atoms with Crippen molar-refractivity contribution in [1.29, 1.82) is 0 Å². The fourth-order valence-electron chi connectivity index (χ4n) is 3.07. The van der Waals surface area contributed by atoms with Gasteiger partial charge in [-0.1, -0.05) is 29.3 Å². The second-order valence-corrected chi connectivity index (χ2v) is 6.80. The third kappa shape index (κ3) is 3.88. The van der Waals surface area contributed by atoms with E-state index in [0.29, 0.717) is 10.7 Å². The van der Waals surface area contributed by atoms with Crippen molar-refractivity contribution in [2.24, 2.45) is 0 Å². The third-order valence-electron chi connectivity index (χ3n) is 4.25. The van der Waals surface area contributed by atoms with Crippen LogP contribution in [0.15, 0.2) is 53.9 Å². The lowest BCUT2D eigenvalue weighted by Gasteiger charge is -2.43. The first-order chi connectivity index (χ1) is 13.9. The molecule has 1 unspecified atom stereocenters. The second kappa shape index (κ2) is 8.71. The van der Waals surface area contributed by atoms with Gasteiger partial charge in [0.25, 0.3) is 5.91 Å². The van der Waals surface area contributed by atoms with Crippen LogP contribution in [0.2, 0.25) is 10.0 Å². The quantitative estimate of drug-likeness (QED) is 0.519. The zero-order valence-electron chi connectivity index (χ0n) is 15.7. The van der Waals surface area contributed by atoms with E-state index in [9.17, 15) is 14.4 Å². The number of benzene rings is 1. The van der Waals surface area contributed by atoms with Gasteiger partial charge in [-0.15, -0.1) is 0 Å². The fourth-order valence-corrected chi connectivity index (χ4v) is 3.37. The number of anilines is 1. The van der Waals surface area contributed by atoms with Crippen LogP contribution in [-0.4, -0.2) is 42.1 Å². The van der Waals surface area contributed by atoms with Gasteiger partial charge in [-0.25, -0.2) is 9.59 Å². The number of fused-ring (bicyclic) bond motifs is 1. The summed E-state index contributed by atoms with van der Waals surface area (Å²) in [5.74, 6) is -2.40. The highest BCUT2D eigenvalue weighted by molar-refractivity contribution is 6.42. The van der Waals surface area contributed by atoms with Crippen LogP contribution in [-0.2, 0) is 23.9 Å². The van der Waals surface area contributed by atoms with Gasteiger partial charge in [-0.3, -0.25) is 9.69 Å². The van der Waals surface area contributed by atoms with Crippen LogP contribution >= 0.6 is 23.2 Å². The van der Waals surface area contributed by atoms with E-state index in [4.69, 9.17) is 32.7 Å². The van der Waals surface area contributed by atoms with Crippen LogP contribution in [0.1, 0.15) is 13.8 Å². The molecule has 9 heteroatoms. The summed E-state index contributed by atoms with van der Waals surface area (Å²) in [7, 11) is 0. The van der Waals surface area contributed by atoms with E-state index < -0.39 is 29.6 Å². The first-order valence-corrected chi connectivity index (χ1v) is 9.66. The first-order valence-electron chi connectivity index (χ1n) is 8.91. The Morgan fingerprint density at radius 1 is 1.03 bits per heavy atom. The van der Waals surface area contributed by atoms with Crippen molar-refractivity contribution in [1.82, 2.24) is 4.90 Å². The standard InChI is InChI=1S/C20H18Cl2N2O5/c1-3-28-19(26)16-17(20(27)29-4-2)23-10-6-5-7-15(23)24(18(16)25)12-8-9-13(21)14(22)11-12/h5-11,15H,3-4H2,1-2H3. The molecule has 2 heterocycles. The maximum Gasteiger partial charge on any atom is 0.356 e. The maximum absolute atomic E-state index is 13.4. The van der Waals surface area contributed by atoms with Crippen LogP contribution < -0.4 is 4.90 Å². The van der Waals surface area contributed by atoms with Crippen molar-refractivity contribution in [2.45, 2.75) is 20.0 Å². The zero-order valence-corrected chi connectivity index (χ0v) is 17.2. The lowest BCUT2D eigenvalue weighted by atomic mass is 10.0. The van der Waals surface area contributed by atoms with Crippen molar-refractivity contribution < 1.29 is 23.9 Å². The van der Waals surface area contributed by atoms with Crippen LogP contribution in [0, 0.1) is 0 Å². The lowest BCUT2D eigenvalue weighted by Crippen LogP contribution is -2.56. The molecule has 0 spiro atoms. The summed E-state index contributed by atoms with van der Waals surface area (Å²) in [4.78, 5) is 41.6. The van der Waals surface area contributed by atoms with Crippen LogP contribution in [0.5, 0.6) is 0 Å². The van der Waals surface area contributed by atoms with Crippen LogP contribution in [0.25, 0.3) is 0 Å². The second-order valence-electron chi connectivity index (χ2n) is 5.99. The highest BCUT2D eigenvalue weighted by Crippen LogP contribution is 2.36. The van der Waals surface area contributed by atoms with E-state index in [-0.39, 0.29) is 23.9 Å². The molecule has 1 amide bonds. The first kappa shape index (κ1) is 21.0. The SMILES string of the molecule is CCOC(=O)C1=C(C(=O)OCC)N2C=CC=CC2N(c2ccc(Cl)c(Cl)c2)C1=O. The minimum Gasteiger partial charge on any atom is -0.462 e. The Hall–Kier alpha value is -2.77. The zero-order chi connectivity index (χ0) is 21.1. The van der Waals surface area contributed by atoms with Gasteiger partial charge < -0.3 is 14.4 Å². The van der Waals surface area contributed by atoms with Gasteiger partial charge >= 0.3 is 11.9 Å². The maximum atomic E-state index is 13.4. The molecule has 0 aliphatic carbocycles. The van der Waals surface area contributed by atoms with E-state index in [1.54, 1.807) is 50.4 Å². The Morgan fingerprint density at radius 2 is 1.72 bits per heavy atom. The Balaban J connectivity index is 2.21. The molecule has 1 aromatic rings. The molecule has 1 aromatic carbocycles. The van der Waals surface area contributed by atoms with Crippen LogP contribution in [0.4, 0.5) is 5.69 Å². The molecule has 3 rings (SSSR count). The minimum absolute atomic E-state index is 0.0393. The van der Waals surface area contributed by atoms with Gasteiger partial charge in [0, 0.05) is 11.9 Å². The van der Waals surface area contributed by atoms with E-state index in [0.717, 1.165) is 0 Å². The summed E-state index contributed by atoms with van der Waals surface area (Å²) in [6.07, 6.45) is 6.01. The molecule has 152 valence electrons. The number of nitrogens with zero attached hydrogens (tertiary/aromatic N) is 2. The van der Waals surface area contributed by atoms with E-state index in [2.05, 4.69) is 0 Å². The summed E-state index contributed by atoms with van der Waals surface area (Å²) in [5.41, 5.74) is -0.172. The number of halogens is 2. The Kier molecular flexibility index (Phi) is 6.30. The molecule has 29 heavy (non-hydrogen) atoms. The van der Waals surface area contributed by atoms with Crippen molar-refractivity contribution >= 4 is 46.7 Å². The topological polar surface area (TPSA) is 76.2 Å². The number of hydrogen-bond acceptors (Lipinski definition) is 6. The molecule has 2 aliphatic heterocycles. The molecule has 0 aromatic heterocycles. The normalized spacial score (nSPS) is 18.1. The van der Waals surface area contributed by atoms with E-state index in [1.807, 2.05) is 0 Å². The minimum atomic E-state index is -0.910. The van der Waals surface area contributed by atoms with Gasteiger partial charge in [-0.2, -0.15) is 0 Å². The monoisotopic (exact) mass is 436 g/mol. The molecule has 1 atom stereocenters. The number of amides is 1. The molecule has 0 bridgehead atoms. The molecule has 7 nitrogen and oxygen atoms in total. The number of carbonyl (C=O) groups is 3. The molecule has 0 radical (unpaired) electrons. The van der Waals surface area contributed by atoms with Crippen LogP contribution in [0.3, 0.4) is 0 Å². The van der Waals surface area contributed by atoms with Gasteiger partial charge in [-0.05, 0) is 44.2 Å². The Labute approximate surface area is 177 Å². The highest BCUT2D eigenvalue weighted by atomic mass is 35.5. The number of ether oxygens (including phenoxy) is 2. The fraction of sp³-hybridized carbons (Fsp3) is 0.250. The number of esters is 2. The molecular weight excluding hydrogens is 419 g/mol. The summed E-state index contributed by atoms with van der Waals surface area (Å²) in [5, 5.41) is 0.570. The summed E-state index contributed by atoms with van der Waals surface area (Å²) >= 11 is 12.1. The summed E-state index contributed by atoms with van der Waals surface area (Å²) < 4.78 is 10.1. The summed E-state index contributed by atoms with van der Waals surface area (Å²) in [6.45, 7) is 3.37. The lowest BCUT2D eigenvalue weighted by molar-refractivity contribution is -0.145. The van der Waals surface area contributed by atoms with Gasteiger partial charge in [0.1, 0.15) is 11.9 Å². The molecule has 0 fully saturated rings. The number of allylic oxidation sites excluding steroid dienone is 2. The van der Waals surface area contributed by atoms with Gasteiger partial charge in [0.15, 0.2) is 5.57 Å². The van der Waals surface area contributed by atoms with Crippen molar-refractivity contribution in [3.05, 3.63) is 63.9 Å². The third-order valence-corrected chi connectivity index (χ3v) is 4.99. The largest absolute Gasteiger partial charge is 0.462 e. The average Bonchev–Trinajstić information content (AvgIpc) is 2.69. The molecule has 0 N–H and O–H groups in total. The Morgan fingerprint density at radius 3 is 2.38 bits per heavy atom. The van der Waals surface area contributed by atoms with Gasteiger partial charge in [0.2, 0.25) is 0 Å². The molecular formula is C20H18Cl2N2O5. The molecule has 0 saturated carbocycles. The number of carbonyl (C=O) groups excluding carboxylic acids is 3. The van der Waals surface area contributed by atoms with Crippen molar-refractivity contribution in [2.75, 3.05) is 18.1 Å². The smallest absolute Gasteiger partial charge is 0.356 e. The molecule has 2 aliphatic rings. The van der Waals surface area contributed by atoms with Crippen molar-refractivity contribution in [3.63, 3.8) is 0 Å². The predicted molar refractivity (Wildman–Crippen MR) is 108 cm³/mol.